The number of aromatic nitrogens is 1. The monoisotopic (exact) mass is 249 g/mol. The fraction of sp³-hybridized carbons (Fsp3) is 0.643. The highest BCUT2D eigenvalue weighted by Gasteiger charge is 2.21. The minimum atomic E-state index is 0.00994. The predicted octanol–water partition coefficient (Wildman–Crippen LogP) is 1.29. The van der Waals surface area contributed by atoms with Gasteiger partial charge in [-0.3, -0.25) is 4.79 Å². The molecular weight excluding hydrogens is 226 g/mol. The summed E-state index contributed by atoms with van der Waals surface area (Å²) < 4.78 is 0. The van der Waals surface area contributed by atoms with Crippen LogP contribution in [-0.2, 0) is 6.42 Å². The van der Waals surface area contributed by atoms with Crippen molar-refractivity contribution in [2.24, 2.45) is 0 Å². The summed E-state index contributed by atoms with van der Waals surface area (Å²) in [5, 5.41) is 3.66. The Morgan fingerprint density at radius 3 is 3.00 bits per heavy atom. The molecule has 0 fully saturated rings. The number of fused-ring (bicyclic) bond motifs is 1. The molecule has 0 spiro atoms. The molecule has 100 valence electrons. The van der Waals surface area contributed by atoms with Crippen molar-refractivity contribution in [3.63, 3.8) is 0 Å². The van der Waals surface area contributed by atoms with Crippen molar-refractivity contribution in [2.75, 3.05) is 20.6 Å². The van der Waals surface area contributed by atoms with Gasteiger partial charge in [-0.15, -0.1) is 0 Å². The van der Waals surface area contributed by atoms with Gasteiger partial charge in [0.05, 0.1) is 0 Å². The van der Waals surface area contributed by atoms with Gasteiger partial charge in [0.2, 0.25) is 5.56 Å². The maximum Gasteiger partial charge on any atom is 0.248 e. The van der Waals surface area contributed by atoms with Gasteiger partial charge in [-0.1, -0.05) is 6.07 Å². The second-order valence-electron chi connectivity index (χ2n) is 5.53. The Balaban J connectivity index is 2.10. The van der Waals surface area contributed by atoms with Crippen LogP contribution in [0.25, 0.3) is 0 Å². The van der Waals surface area contributed by atoms with E-state index in [0.29, 0.717) is 12.1 Å². The Morgan fingerprint density at radius 2 is 2.28 bits per heavy atom. The standard InChI is InChI=1S/C14H23N3O/c1-10(9-17(2)3)15-12-5-4-6-13-11(12)7-8-14(18)16-13/h7-8,10,12,15H,4-6,9H2,1-3H3,(H,16,18). The number of H-pyrrole nitrogens is 1. The maximum atomic E-state index is 11.3. The van der Waals surface area contributed by atoms with Crippen LogP contribution >= 0.6 is 0 Å². The second-order valence-corrected chi connectivity index (χ2v) is 5.53. The molecule has 0 bridgehead atoms. The molecule has 2 N–H and O–H groups in total. The van der Waals surface area contributed by atoms with Crippen molar-refractivity contribution in [3.05, 3.63) is 33.7 Å². The summed E-state index contributed by atoms with van der Waals surface area (Å²) in [7, 11) is 4.18. The van der Waals surface area contributed by atoms with Gasteiger partial charge >= 0.3 is 0 Å². The molecule has 4 nitrogen and oxygen atoms in total. The van der Waals surface area contributed by atoms with Gasteiger partial charge in [0.15, 0.2) is 0 Å². The lowest BCUT2D eigenvalue weighted by Crippen LogP contribution is -2.39. The molecule has 2 rings (SSSR count). The van der Waals surface area contributed by atoms with Crippen molar-refractivity contribution in [1.82, 2.24) is 15.2 Å². The lowest BCUT2D eigenvalue weighted by atomic mass is 9.91. The minimum absolute atomic E-state index is 0.00994. The van der Waals surface area contributed by atoms with E-state index in [1.165, 1.54) is 5.56 Å². The van der Waals surface area contributed by atoms with Gasteiger partial charge in [-0.05, 0) is 45.8 Å². The van der Waals surface area contributed by atoms with Gasteiger partial charge in [0.25, 0.3) is 0 Å². The average molecular weight is 249 g/mol. The molecule has 0 amide bonds. The second kappa shape index (κ2) is 5.67. The van der Waals surface area contributed by atoms with Gasteiger partial charge < -0.3 is 15.2 Å². The molecule has 1 aromatic rings. The van der Waals surface area contributed by atoms with Gasteiger partial charge in [0, 0.05) is 30.4 Å². The molecular formula is C14H23N3O. The Kier molecular flexibility index (Phi) is 4.19. The number of likely N-dealkylation sites (N-methyl/N-ethyl adjacent to an activating group) is 1. The zero-order chi connectivity index (χ0) is 13.1. The van der Waals surface area contributed by atoms with E-state index in [0.717, 1.165) is 31.5 Å². The first-order valence-electron chi connectivity index (χ1n) is 6.69. The van der Waals surface area contributed by atoms with E-state index in [2.05, 4.69) is 36.2 Å². The predicted molar refractivity (Wildman–Crippen MR) is 73.9 cm³/mol. The van der Waals surface area contributed by atoms with Crippen LogP contribution in [0.15, 0.2) is 16.9 Å². The van der Waals surface area contributed by atoms with E-state index < -0.39 is 0 Å². The van der Waals surface area contributed by atoms with Gasteiger partial charge in [-0.25, -0.2) is 0 Å². The van der Waals surface area contributed by atoms with E-state index in [9.17, 15) is 4.79 Å². The summed E-state index contributed by atoms with van der Waals surface area (Å²) in [4.78, 5) is 16.5. The van der Waals surface area contributed by atoms with E-state index in [4.69, 9.17) is 0 Å². The van der Waals surface area contributed by atoms with Crippen LogP contribution in [0, 0.1) is 0 Å². The number of hydrogen-bond donors (Lipinski definition) is 2. The van der Waals surface area contributed by atoms with E-state index >= 15 is 0 Å². The third-order valence-corrected chi connectivity index (χ3v) is 3.46. The van der Waals surface area contributed by atoms with Crippen molar-refractivity contribution in [2.45, 2.75) is 38.3 Å². The summed E-state index contributed by atoms with van der Waals surface area (Å²) in [6, 6.07) is 4.44. The first kappa shape index (κ1) is 13.3. The molecule has 1 aromatic heterocycles. The Hall–Kier alpha value is -1.13. The molecule has 0 radical (unpaired) electrons. The molecule has 0 aliphatic heterocycles. The number of rotatable bonds is 4. The number of hydrogen-bond acceptors (Lipinski definition) is 3. The number of nitrogens with one attached hydrogen (secondary N) is 2. The Bertz CT molecular complexity index is 453. The number of pyridine rings is 1. The van der Waals surface area contributed by atoms with E-state index in [-0.39, 0.29) is 5.56 Å². The topological polar surface area (TPSA) is 48.1 Å². The van der Waals surface area contributed by atoms with E-state index in [1.807, 2.05) is 6.07 Å². The molecule has 18 heavy (non-hydrogen) atoms. The third-order valence-electron chi connectivity index (χ3n) is 3.46. The summed E-state index contributed by atoms with van der Waals surface area (Å²) in [5.74, 6) is 0. The third kappa shape index (κ3) is 3.21. The molecule has 0 saturated heterocycles. The molecule has 1 aliphatic rings. The minimum Gasteiger partial charge on any atom is -0.326 e. The maximum absolute atomic E-state index is 11.3. The van der Waals surface area contributed by atoms with Crippen LogP contribution in [0.1, 0.15) is 37.1 Å². The van der Waals surface area contributed by atoms with Crippen molar-refractivity contribution < 1.29 is 0 Å². The fourth-order valence-electron chi connectivity index (χ4n) is 2.82. The summed E-state index contributed by atoms with van der Waals surface area (Å²) >= 11 is 0. The quantitative estimate of drug-likeness (QED) is 0.845. The SMILES string of the molecule is CC(CN(C)C)NC1CCCc2[nH]c(=O)ccc21. The van der Waals surface area contributed by atoms with Crippen LogP contribution in [-0.4, -0.2) is 36.6 Å². The molecule has 1 heterocycles. The van der Waals surface area contributed by atoms with E-state index in [1.54, 1.807) is 6.07 Å². The average Bonchev–Trinajstić information content (AvgIpc) is 2.27. The van der Waals surface area contributed by atoms with Crippen molar-refractivity contribution in [1.29, 1.82) is 0 Å². The number of nitrogens with zero attached hydrogens (tertiary/aromatic N) is 1. The molecule has 2 unspecified atom stereocenters. The lowest BCUT2D eigenvalue weighted by molar-refractivity contribution is 0.317. The van der Waals surface area contributed by atoms with Crippen LogP contribution in [0.3, 0.4) is 0 Å². The van der Waals surface area contributed by atoms with Crippen LogP contribution in [0.4, 0.5) is 0 Å². The zero-order valence-corrected chi connectivity index (χ0v) is 11.5. The van der Waals surface area contributed by atoms with Gasteiger partial charge in [-0.2, -0.15) is 0 Å². The highest BCUT2D eigenvalue weighted by molar-refractivity contribution is 5.26. The highest BCUT2D eigenvalue weighted by atomic mass is 16.1. The summed E-state index contributed by atoms with van der Waals surface area (Å²) in [5.41, 5.74) is 2.39. The number of aryl methyl sites for hydroxylation is 1. The largest absolute Gasteiger partial charge is 0.326 e. The smallest absolute Gasteiger partial charge is 0.248 e. The Labute approximate surface area is 108 Å². The molecule has 0 aromatic carbocycles. The highest BCUT2D eigenvalue weighted by Crippen LogP contribution is 2.27. The van der Waals surface area contributed by atoms with Crippen molar-refractivity contribution in [3.8, 4) is 0 Å². The Morgan fingerprint density at radius 1 is 1.50 bits per heavy atom. The lowest BCUT2D eigenvalue weighted by Gasteiger charge is -2.30. The van der Waals surface area contributed by atoms with Gasteiger partial charge in [0.1, 0.15) is 0 Å². The molecule has 2 atom stereocenters. The molecule has 1 aliphatic carbocycles. The van der Waals surface area contributed by atoms with Crippen LogP contribution in [0.2, 0.25) is 0 Å². The van der Waals surface area contributed by atoms with Crippen LogP contribution < -0.4 is 10.9 Å². The summed E-state index contributed by atoms with van der Waals surface area (Å²) in [6.07, 6.45) is 3.28. The first-order valence-corrected chi connectivity index (χ1v) is 6.69. The normalized spacial score (nSPS) is 20.8. The molecule has 4 heteroatoms. The fourth-order valence-corrected chi connectivity index (χ4v) is 2.82. The summed E-state index contributed by atoms with van der Waals surface area (Å²) in [6.45, 7) is 3.23. The van der Waals surface area contributed by atoms with Crippen LogP contribution in [0.5, 0.6) is 0 Å². The van der Waals surface area contributed by atoms with Crippen molar-refractivity contribution >= 4 is 0 Å². The number of aromatic amines is 1. The zero-order valence-electron chi connectivity index (χ0n) is 11.5. The first-order chi connectivity index (χ1) is 8.56. The molecule has 0 saturated carbocycles.